The van der Waals surface area contributed by atoms with Gasteiger partial charge >= 0.3 is 0 Å². The van der Waals surface area contributed by atoms with E-state index >= 15 is 0 Å². The molecule has 0 bridgehead atoms. The monoisotopic (exact) mass is 1160 g/mol. The molecule has 0 amide bonds. The summed E-state index contributed by atoms with van der Waals surface area (Å²) in [6.45, 7) is 16.4. The van der Waals surface area contributed by atoms with Crippen LogP contribution in [0.1, 0.15) is 40.0 Å². The fourth-order valence-electron chi connectivity index (χ4n) is 10.3. The third-order valence-corrected chi connectivity index (χ3v) is 21.8. The number of aromatic nitrogens is 4. The fourth-order valence-corrected chi connectivity index (χ4v) is 20.5. The van der Waals surface area contributed by atoms with Gasteiger partial charge in [-0.2, -0.15) is 18.2 Å². The van der Waals surface area contributed by atoms with Crippen LogP contribution >= 0.6 is 0 Å². The zero-order valence-electron chi connectivity index (χ0n) is 51.1. The first-order valence-corrected chi connectivity index (χ1v) is 30.4. The first-order valence-electron chi connectivity index (χ1n) is 29.0. The molecule has 3 aromatic heterocycles. The van der Waals surface area contributed by atoms with E-state index in [2.05, 4.69) is 112 Å². The molecule has 8 heteroatoms. The van der Waals surface area contributed by atoms with Crippen LogP contribution < -0.4 is 19.7 Å². The van der Waals surface area contributed by atoms with Crippen LogP contribution in [0, 0.1) is 18.5 Å². The molecular formula is C64H56N4OPtSi2-2. The van der Waals surface area contributed by atoms with Crippen LogP contribution in [-0.2, 0) is 26.5 Å². The van der Waals surface area contributed by atoms with E-state index in [0.29, 0.717) is 28.2 Å². The number of hydrogen-bond acceptors (Lipinski definition) is 2. The minimum atomic E-state index is -1.78. The predicted octanol–water partition coefficient (Wildman–Crippen LogP) is 14.7. The van der Waals surface area contributed by atoms with Crippen molar-refractivity contribution in [2.45, 2.75) is 64.5 Å². The van der Waals surface area contributed by atoms with Gasteiger partial charge in [0.2, 0.25) is 0 Å². The van der Waals surface area contributed by atoms with Crippen molar-refractivity contribution >= 4 is 59.4 Å². The van der Waals surface area contributed by atoms with Crippen molar-refractivity contribution < 1.29 is 44.1 Å². The summed E-state index contributed by atoms with van der Waals surface area (Å²) >= 11 is 0. The SMILES string of the molecule is [2H]c1c([2H])c([2H])c(-c2cccc(-c3c([2H])c([2H])c([2H])c([2H])c3[2H])c2-[n+]2[c-]n(-c3[c-]c(Oc4[c-]c5c(cc4)c4ccccc4n5-c4cc(C(C)(C)C)ccn4)ccc3)c3cc(-c4ccc5c(c4)[Si](C)(C)CC[Si]5(C)C)ccc32)c([2H])c1[2H].[Pt]. The third kappa shape index (κ3) is 8.41. The van der Waals surface area contributed by atoms with E-state index in [0.717, 1.165) is 44.3 Å². The standard InChI is InChI=1S/C64H56N4OSi2.Pt/c1-64(2,3)48-34-35-65-62(40-48)68-56-27-15-14-24-54(56)55-31-30-51(42-58(55)68)69-50-23-16-22-49(41-50)66-43-67(63-52(44-18-10-8-11-19-44)25-17-26-53(63)45-20-12-9-13-21-45)57-32-28-46(38-59(57)66)47-29-33-60-61(39-47)71(6,7)37-36-70(60,4)5;/h8-35,38-40H,36-37H2,1-7H3;/q-2;/i8D,9D,10D,11D,12D,13D,18D,19D,20D,21D;. The van der Waals surface area contributed by atoms with Crippen LogP contribution in [0.4, 0.5) is 0 Å². The van der Waals surface area contributed by atoms with E-state index in [-0.39, 0.29) is 54.4 Å². The number of para-hydroxylation sites is 2. The Bertz CT molecular complexity index is 4330. The maximum atomic E-state index is 9.23. The molecule has 0 unspecified atom stereocenters. The van der Waals surface area contributed by atoms with Gasteiger partial charge in [-0.05, 0) is 79.7 Å². The molecule has 5 nitrogen and oxygen atoms in total. The second kappa shape index (κ2) is 18.3. The quantitative estimate of drug-likeness (QED) is 0.0863. The molecule has 0 spiro atoms. The van der Waals surface area contributed by atoms with Crippen molar-refractivity contribution in [1.82, 2.24) is 14.1 Å². The normalized spacial score (nSPS) is 16.0. The van der Waals surface area contributed by atoms with Gasteiger partial charge in [-0.1, -0.05) is 202 Å². The van der Waals surface area contributed by atoms with Crippen LogP contribution in [0.25, 0.3) is 83.4 Å². The van der Waals surface area contributed by atoms with Crippen LogP contribution in [0.5, 0.6) is 11.5 Å². The number of fused-ring (bicyclic) bond motifs is 5. The Hall–Kier alpha value is -6.90. The Morgan fingerprint density at radius 2 is 1.26 bits per heavy atom. The maximum absolute atomic E-state index is 9.23. The Kier molecular flexibility index (Phi) is 9.39. The molecule has 4 heterocycles. The van der Waals surface area contributed by atoms with E-state index < -0.39 is 76.6 Å². The number of ether oxygens (including phenoxy) is 1. The van der Waals surface area contributed by atoms with Gasteiger partial charge in [0.05, 0.1) is 46.6 Å². The molecule has 72 heavy (non-hydrogen) atoms. The molecule has 0 atom stereocenters. The van der Waals surface area contributed by atoms with Crippen molar-refractivity contribution in [1.29, 1.82) is 0 Å². The summed E-state index contributed by atoms with van der Waals surface area (Å²) in [5.74, 6) is 1.56. The van der Waals surface area contributed by atoms with E-state index in [4.69, 9.17) is 17.9 Å². The fraction of sp³-hybridized carbons (Fsp3) is 0.156. The van der Waals surface area contributed by atoms with Crippen molar-refractivity contribution in [3.05, 3.63) is 212 Å². The van der Waals surface area contributed by atoms with Gasteiger partial charge in [-0.3, -0.25) is 4.57 Å². The molecule has 0 fully saturated rings. The van der Waals surface area contributed by atoms with Gasteiger partial charge in [0, 0.05) is 44.3 Å². The number of benzene rings is 8. The predicted molar refractivity (Wildman–Crippen MR) is 299 cm³/mol. The maximum Gasteiger partial charge on any atom is 0.268 e. The topological polar surface area (TPSA) is 35.9 Å². The molecule has 0 N–H and O–H groups in total. The Morgan fingerprint density at radius 3 is 1.99 bits per heavy atom. The van der Waals surface area contributed by atoms with Crippen molar-refractivity contribution in [3.63, 3.8) is 0 Å². The summed E-state index contributed by atoms with van der Waals surface area (Å²) in [5.41, 5.74) is 6.65. The summed E-state index contributed by atoms with van der Waals surface area (Å²) in [7, 11) is -3.44. The number of hydrogen-bond donors (Lipinski definition) is 0. The Morgan fingerprint density at radius 1 is 0.611 bits per heavy atom. The largest absolute Gasteiger partial charge is 0.510 e. The first kappa shape index (κ1) is 36.9. The molecule has 0 aliphatic carbocycles. The van der Waals surface area contributed by atoms with E-state index in [1.165, 1.54) is 22.5 Å². The van der Waals surface area contributed by atoms with Crippen molar-refractivity contribution in [2.24, 2.45) is 0 Å². The molecule has 11 aromatic rings. The zero-order valence-corrected chi connectivity index (χ0v) is 45.3. The number of rotatable bonds is 8. The Balaban J connectivity index is 0.00000705. The average molecular weight is 1160 g/mol. The average Bonchev–Trinajstić information content (AvgIpc) is 2.39. The van der Waals surface area contributed by atoms with Gasteiger partial charge in [0.15, 0.2) is 0 Å². The minimum Gasteiger partial charge on any atom is -0.510 e. The van der Waals surface area contributed by atoms with Crippen LogP contribution in [0.2, 0.25) is 38.3 Å². The smallest absolute Gasteiger partial charge is 0.268 e. The molecule has 8 aromatic carbocycles. The molecule has 0 radical (unpaired) electrons. The van der Waals surface area contributed by atoms with Gasteiger partial charge in [-0.25, -0.2) is 4.98 Å². The first-order chi connectivity index (χ1) is 38.4. The summed E-state index contributed by atoms with van der Waals surface area (Å²) in [5, 5.41) is 5.03. The molecule has 0 saturated heterocycles. The molecule has 1 aliphatic rings. The van der Waals surface area contributed by atoms with Gasteiger partial charge in [0.25, 0.3) is 6.33 Å². The number of imidazole rings is 1. The van der Waals surface area contributed by atoms with Gasteiger partial charge < -0.3 is 13.9 Å². The van der Waals surface area contributed by atoms with Gasteiger partial charge in [-0.15, -0.1) is 29.7 Å². The minimum absolute atomic E-state index is 0. The summed E-state index contributed by atoms with van der Waals surface area (Å²) < 4.78 is 101. The van der Waals surface area contributed by atoms with Crippen molar-refractivity contribution in [3.8, 4) is 62.1 Å². The number of pyridine rings is 1. The van der Waals surface area contributed by atoms with Crippen LogP contribution in [-0.4, -0.2) is 30.3 Å². The summed E-state index contributed by atoms with van der Waals surface area (Å²) in [6.07, 6.45) is 5.40. The van der Waals surface area contributed by atoms with Crippen molar-refractivity contribution in [2.75, 3.05) is 0 Å². The molecular weight excluding hydrogens is 1090 g/mol. The van der Waals surface area contributed by atoms with E-state index in [1.807, 2.05) is 71.4 Å². The molecule has 358 valence electrons. The third-order valence-electron chi connectivity index (χ3n) is 14.3. The summed E-state index contributed by atoms with van der Waals surface area (Å²) in [6, 6.07) is 44.0. The zero-order chi connectivity index (χ0) is 57.4. The summed E-state index contributed by atoms with van der Waals surface area (Å²) in [4.78, 5) is 4.85. The van der Waals surface area contributed by atoms with Crippen LogP contribution in [0.3, 0.4) is 0 Å². The van der Waals surface area contributed by atoms with Gasteiger partial charge in [0.1, 0.15) is 5.82 Å². The Labute approximate surface area is 453 Å². The number of nitrogens with zero attached hydrogens (tertiary/aromatic N) is 4. The van der Waals surface area contributed by atoms with E-state index in [1.54, 1.807) is 22.8 Å². The second-order valence-electron chi connectivity index (χ2n) is 20.8. The molecule has 1 aliphatic heterocycles. The molecule has 0 saturated carbocycles. The molecule has 12 rings (SSSR count). The van der Waals surface area contributed by atoms with Crippen LogP contribution in [0.15, 0.2) is 188 Å². The van der Waals surface area contributed by atoms with E-state index in [9.17, 15) is 5.48 Å². The second-order valence-corrected chi connectivity index (χ2v) is 30.4.